The van der Waals surface area contributed by atoms with Gasteiger partial charge in [0.1, 0.15) is 5.75 Å². The molecule has 1 N–H and O–H groups in total. The van der Waals surface area contributed by atoms with E-state index in [4.69, 9.17) is 14.2 Å². The Morgan fingerprint density at radius 3 is 2.50 bits per heavy atom. The maximum Gasteiger partial charge on any atom is 0.142 e. The summed E-state index contributed by atoms with van der Waals surface area (Å²) in [5.74, 6) is 0.913. The third-order valence-corrected chi connectivity index (χ3v) is 4.59. The molecule has 0 aliphatic carbocycles. The molecule has 1 fully saturated rings. The number of para-hydroxylation sites is 2. The molecule has 6 nitrogen and oxygen atoms in total. The topological polar surface area (TPSA) is 54.4 Å². The van der Waals surface area contributed by atoms with Crippen LogP contribution in [0, 0.1) is 0 Å². The molecule has 0 saturated carbocycles. The van der Waals surface area contributed by atoms with Crippen LogP contribution in [0.1, 0.15) is 19.8 Å². The summed E-state index contributed by atoms with van der Waals surface area (Å²) in [7, 11) is 1.71. The molecule has 1 aliphatic rings. The zero-order chi connectivity index (χ0) is 18.6. The lowest BCUT2D eigenvalue weighted by atomic mass is 10.2. The first-order valence-corrected chi connectivity index (χ1v) is 9.68. The molecule has 148 valence electrons. The van der Waals surface area contributed by atoms with Crippen LogP contribution < -0.4 is 9.64 Å². The molecule has 0 amide bonds. The van der Waals surface area contributed by atoms with Gasteiger partial charge in [0.25, 0.3) is 0 Å². The monoisotopic (exact) mass is 366 g/mol. The van der Waals surface area contributed by atoms with Gasteiger partial charge < -0.3 is 24.2 Å². The summed E-state index contributed by atoms with van der Waals surface area (Å²) >= 11 is 0. The molecule has 1 aliphatic heterocycles. The Kier molecular flexibility index (Phi) is 9.77. The van der Waals surface area contributed by atoms with Crippen molar-refractivity contribution in [2.24, 2.45) is 0 Å². The van der Waals surface area contributed by atoms with Gasteiger partial charge in [-0.3, -0.25) is 4.90 Å². The van der Waals surface area contributed by atoms with Crippen molar-refractivity contribution in [3.63, 3.8) is 0 Å². The number of piperazine rings is 1. The molecule has 0 bridgehead atoms. The Labute approximate surface area is 157 Å². The van der Waals surface area contributed by atoms with Crippen molar-refractivity contribution in [2.75, 3.05) is 71.2 Å². The van der Waals surface area contributed by atoms with E-state index >= 15 is 0 Å². The van der Waals surface area contributed by atoms with Gasteiger partial charge in [-0.2, -0.15) is 0 Å². The van der Waals surface area contributed by atoms with Gasteiger partial charge in [0, 0.05) is 39.3 Å². The summed E-state index contributed by atoms with van der Waals surface area (Å²) in [5, 5.41) is 10.2. The second-order valence-corrected chi connectivity index (χ2v) is 6.65. The second-order valence-electron chi connectivity index (χ2n) is 6.65. The number of rotatable bonds is 12. The van der Waals surface area contributed by atoms with Crippen LogP contribution in [0.2, 0.25) is 0 Å². The number of hydrogen-bond donors (Lipinski definition) is 1. The number of nitrogens with zero attached hydrogens (tertiary/aromatic N) is 2. The molecular formula is C20H34N2O4. The molecule has 1 saturated heterocycles. The molecule has 0 aromatic heterocycles. The van der Waals surface area contributed by atoms with E-state index in [-0.39, 0.29) is 0 Å². The van der Waals surface area contributed by atoms with Gasteiger partial charge in [-0.1, -0.05) is 25.5 Å². The quantitative estimate of drug-likeness (QED) is 0.571. The van der Waals surface area contributed by atoms with Crippen LogP contribution in [0.15, 0.2) is 24.3 Å². The van der Waals surface area contributed by atoms with Crippen molar-refractivity contribution in [3.05, 3.63) is 24.3 Å². The summed E-state index contributed by atoms with van der Waals surface area (Å²) in [6.07, 6.45) is 1.77. The van der Waals surface area contributed by atoms with Gasteiger partial charge in [-0.25, -0.2) is 0 Å². The minimum absolute atomic E-state index is 0.365. The third kappa shape index (κ3) is 7.11. The van der Waals surface area contributed by atoms with Crippen molar-refractivity contribution in [1.29, 1.82) is 0 Å². The number of β-amino-alcohol motifs (C(OH)–C–C–N with tert-alkyl or cyclic N) is 1. The maximum absolute atomic E-state index is 10.2. The standard InChI is InChI=1S/C20H34N2O4/c1-3-4-13-25-14-15-26-17-18(23)16-21-9-11-22(12-10-21)19-7-5-6-8-20(19)24-2/h5-8,18,23H,3-4,9-17H2,1-2H3. The van der Waals surface area contributed by atoms with E-state index in [1.165, 1.54) is 0 Å². The summed E-state index contributed by atoms with van der Waals surface area (Å²) < 4.78 is 16.4. The highest BCUT2D eigenvalue weighted by Crippen LogP contribution is 2.28. The number of ether oxygens (including phenoxy) is 3. The number of methoxy groups -OCH3 is 1. The summed E-state index contributed by atoms with van der Waals surface area (Å²) in [5.41, 5.74) is 1.14. The molecule has 1 heterocycles. The van der Waals surface area contributed by atoms with Gasteiger partial charge in [0.2, 0.25) is 0 Å². The van der Waals surface area contributed by atoms with E-state index in [1.54, 1.807) is 7.11 Å². The maximum atomic E-state index is 10.2. The molecule has 0 spiro atoms. The average molecular weight is 367 g/mol. The normalized spacial score (nSPS) is 16.7. The molecule has 6 heteroatoms. The van der Waals surface area contributed by atoms with Crippen molar-refractivity contribution < 1.29 is 19.3 Å². The number of benzene rings is 1. The van der Waals surface area contributed by atoms with E-state index in [0.717, 1.165) is 57.1 Å². The van der Waals surface area contributed by atoms with Crippen LogP contribution in [0.4, 0.5) is 5.69 Å². The number of unbranched alkanes of at least 4 members (excludes halogenated alkanes) is 1. The Balaban J connectivity index is 1.61. The zero-order valence-electron chi connectivity index (χ0n) is 16.2. The Morgan fingerprint density at radius 1 is 1.04 bits per heavy atom. The molecule has 26 heavy (non-hydrogen) atoms. The summed E-state index contributed by atoms with van der Waals surface area (Å²) in [6, 6.07) is 8.12. The molecule has 1 aromatic carbocycles. The van der Waals surface area contributed by atoms with Crippen molar-refractivity contribution in [3.8, 4) is 5.75 Å². The largest absolute Gasteiger partial charge is 0.495 e. The summed E-state index contributed by atoms with van der Waals surface area (Å²) in [4.78, 5) is 4.63. The number of hydrogen-bond acceptors (Lipinski definition) is 6. The van der Waals surface area contributed by atoms with E-state index in [2.05, 4.69) is 22.8 Å². The van der Waals surface area contributed by atoms with Crippen LogP contribution in [-0.2, 0) is 9.47 Å². The minimum Gasteiger partial charge on any atom is -0.495 e. The highest BCUT2D eigenvalue weighted by Gasteiger charge is 2.21. The zero-order valence-corrected chi connectivity index (χ0v) is 16.2. The van der Waals surface area contributed by atoms with Crippen molar-refractivity contribution >= 4 is 5.69 Å². The predicted octanol–water partition coefficient (Wildman–Crippen LogP) is 2.01. The number of anilines is 1. The highest BCUT2D eigenvalue weighted by atomic mass is 16.5. The lowest BCUT2D eigenvalue weighted by molar-refractivity contribution is -0.00832. The fourth-order valence-corrected chi connectivity index (χ4v) is 3.10. The third-order valence-electron chi connectivity index (χ3n) is 4.59. The van der Waals surface area contributed by atoms with Crippen LogP contribution in [-0.4, -0.2) is 82.4 Å². The van der Waals surface area contributed by atoms with Crippen LogP contribution in [0.25, 0.3) is 0 Å². The Bertz CT molecular complexity index is 492. The SMILES string of the molecule is CCCCOCCOCC(O)CN1CCN(c2ccccc2OC)CC1. The van der Waals surface area contributed by atoms with Crippen LogP contribution in [0.3, 0.4) is 0 Å². The predicted molar refractivity (Wildman–Crippen MR) is 104 cm³/mol. The summed E-state index contributed by atoms with van der Waals surface area (Å²) in [6.45, 7) is 8.81. The fourth-order valence-electron chi connectivity index (χ4n) is 3.10. The highest BCUT2D eigenvalue weighted by molar-refractivity contribution is 5.58. The van der Waals surface area contributed by atoms with Crippen molar-refractivity contribution in [2.45, 2.75) is 25.9 Å². The average Bonchev–Trinajstić information content (AvgIpc) is 2.68. The number of aliphatic hydroxyl groups is 1. The Morgan fingerprint density at radius 2 is 1.77 bits per heavy atom. The van der Waals surface area contributed by atoms with Gasteiger partial charge in [-0.05, 0) is 18.6 Å². The minimum atomic E-state index is -0.455. The second kappa shape index (κ2) is 12.1. The van der Waals surface area contributed by atoms with Gasteiger partial charge in [0.05, 0.1) is 38.7 Å². The molecule has 2 rings (SSSR count). The van der Waals surface area contributed by atoms with Gasteiger partial charge in [-0.15, -0.1) is 0 Å². The smallest absolute Gasteiger partial charge is 0.142 e. The molecule has 1 aromatic rings. The van der Waals surface area contributed by atoms with Crippen molar-refractivity contribution in [1.82, 2.24) is 4.90 Å². The first-order chi connectivity index (χ1) is 12.7. The van der Waals surface area contributed by atoms with Gasteiger partial charge in [0.15, 0.2) is 0 Å². The van der Waals surface area contributed by atoms with Gasteiger partial charge >= 0.3 is 0 Å². The molecule has 1 atom stereocenters. The molecule has 1 unspecified atom stereocenters. The first-order valence-electron chi connectivity index (χ1n) is 9.68. The lowest BCUT2D eigenvalue weighted by Gasteiger charge is -2.37. The van der Waals surface area contributed by atoms with E-state index in [9.17, 15) is 5.11 Å². The Hall–Kier alpha value is -1.34. The van der Waals surface area contributed by atoms with E-state index in [0.29, 0.717) is 26.4 Å². The van der Waals surface area contributed by atoms with E-state index < -0.39 is 6.10 Å². The molecule has 0 radical (unpaired) electrons. The number of aliphatic hydroxyl groups excluding tert-OH is 1. The van der Waals surface area contributed by atoms with Crippen LogP contribution >= 0.6 is 0 Å². The van der Waals surface area contributed by atoms with Crippen LogP contribution in [0.5, 0.6) is 5.75 Å². The van der Waals surface area contributed by atoms with E-state index in [1.807, 2.05) is 18.2 Å². The fraction of sp³-hybridized carbons (Fsp3) is 0.700. The first kappa shape index (κ1) is 21.0. The lowest BCUT2D eigenvalue weighted by Crippen LogP contribution is -2.49. The molecular weight excluding hydrogens is 332 g/mol.